The average molecular weight is 416 g/mol. The number of carboxylic acids is 1. The highest BCUT2D eigenvalue weighted by Crippen LogP contribution is 2.30. The molecule has 7 nitrogen and oxygen atoms in total. The van der Waals surface area contributed by atoms with Crippen molar-refractivity contribution >= 4 is 23.4 Å². The number of carbonyl (C=O) groups is 2. The highest BCUT2D eigenvalue weighted by atomic mass is 19.1. The second kappa shape index (κ2) is 10.7. The summed E-state index contributed by atoms with van der Waals surface area (Å²) in [5.74, 6) is -0.770. The van der Waals surface area contributed by atoms with Crippen molar-refractivity contribution < 1.29 is 28.6 Å². The van der Waals surface area contributed by atoms with Crippen molar-refractivity contribution in [1.82, 2.24) is 4.98 Å². The smallest absolute Gasteiger partial charge is 0.419 e. The number of halogens is 1. The van der Waals surface area contributed by atoms with Crippen molar-refractivity contribution in [2.75, 3.05) is 24.7 Å². The molecular weight excluding hydrogens is 391 g/mol. The molecule has 0 unspecified atom stereocenters. The summed E-state index contributed by atoms with van der Waals surface area (Å²) in [6, 6.07) is 9.07. The molecule has 1 aliphatic carbocycles. The third-order valence-corrected chi connectivity index (χ3v) is 5.16. The van der Waals surface area contributed by atoms with Gasteiger partial charge >= 0.3 is 12.1 Å². The van der Waals surface area contributed by atoms with Gasteiger partial charge in [-0.05, 0) is 73.9 Å². The lowest BCUT2D eigenvalue weighted by molar-refractivity contribution is -0.142. The minimum atomic E-state index is -0.963. The molecule has 1 saturated carbocycles. The predicted molar refractivity (Wildman–Crippen MR) is 108 cm³/mol. The number of pyridine rings is 1. The van der Waals surface area contributed by atoms with Crippen LogP contribution in [0.3, 0.4) is 0 Å². The van der Waals surface area contributed by atoms with Crippen LogP contribution in [0.4, 0.5) is 20.6 Å². The van der Waals surface area contributed by atoms with Gasteiger partial charge in [0, 0.05) is 6.20 Å². The lowest BCUT2D eigenvalue weighted by Gasteiger charge is -2.29. The van der Waals surface area contributed by atoms with Crippen LogP contribution in [0.2, 0.25) is 0 Å². The number of carboxylic acid groups (broad SMARTS) is 1. The first-order valence-electron chi connectivity index (χ1n) is 9.95. The summed E-state index contributed by atoms with van der Waals surface area (Å²) in [5, 5.41) is 8.63. The van der Waals surface area contributed by atoms with Gasteiger partial charge in [0.25, 0.3) is 0 Å². The number of amides is 1. The summed E-state index contributed by atoms with van der Waals surface area (Å²) >= 11 is 0. The van der Waals surface area contributed by atoms with Gasteiger partial charge in [0.1, 0.15) is 12.4 Å². The molecule has 2 aromatic rings. The summed E-state index contributed by atoms with van der Waals surface area (Å²) in [5.41, 5.74) is 1.03. The first-order valence-corrected chi connectivity index (χ1v) is 9.95. The molecule has 1 fully saturated rings. The van der Waals surface area contributed by atoms with E-state index in [0.29, 0.717) is 30.5 Å². The first kappa shape index (κ1) is 21.7. The van der Waals surface area contributed by atoms with E-state index in [2.05, 4.69) is 4.98 Å². The Morgan fingerprint density at radius 1 is 1.03 bits per heavy atom. The van der Waals surface area contributed by atoms with Crippen molar-refractivity contribution in [3.63, 3.8) is 0 Å². The zero-order valence-electron chi connectivity index (χ0n) is 16.6. The van der Waals surface area contributed by atoms with Gasteiger partial charge in [0.05, 0.1) is 30.8 Å². The zero-order chi connectivity index (χ0) is 21.3. The van der Waals surface area contributed by atoms with E-state index in [0.717, 1.165) is 25.7 Å². The molecule has 160 valence electrons. The van der Waals surface area contributed by atoms with Crippen LogP contribution in [0.15, 0.2) is 48.8 Å². The molecule has 8 heteroatoms. The molecule has 1 aromatic carbocycles. The predicted octanol–water partition coefficient (Wildman–Crippen LogP) is 4.40. The standard InChI is InChI=1S/C22H25FN2O5/c23-18-7-9-19(10-8-18)25(20-2-1-11-24-12-20)22(28)30-14-17-5-3-16(4-6-17)13-29-15-21(26)27/h1-2,7-12,16-17H,3-6,13-15H2,(H,26,27)/t16-,17-. The number of anilines is 2. The van der Waals surface area contributed by atoms with Gasteiger partial charge in [-0.25, -0.2) is 18.9 Å². The summed E-state index contributed by atoms with van der Waals surface area (Å²) < 4.78 is 24.1. The van der Waals surface area contributed by atoms with Crippen molar-refractivity contribution in [3.8, 4) is 0 Å². The topological polar surface area (TPSA) is 89.0 Å². The molecule has 0 atom stereocenters. The summed E-state index contributed by atoms with van der Waals surface area (Å²) in [7, 11) is 0. The Kier molecular flexibility index (Phi) is 7.73. The second-order valence-electron chi connectivity index (χ2n) is 7.40. The Bertz CT molecular complexity index is 823. The van der Waals surface area contributed by atoms with Gasteiger partial charge in [-0.2, -0.15) is 0 Å². The Hall–Kier alpha value is -3.00. The third kappa shape index (κ3) is 6.25. The normalized spacial score (nSPS) is 18.6. The number of aliphatic carboxylic acids is 1. The first-order chi connectivity index (χ1) is 14.5. The van der Waals surface area contributed by atoms with Crippen LogP contribution in [-0.2, 0) is 14.3 Å². The van der Waals surface area contributed by atoms with Gasteiger partial charge < -0.3 is 14.6 Å². The van der Waals surface area contributed by atoms with Crippen LogP contribution in [0.1, 0.15) is 25.7 Å². The molecule has 1 heterocycles. The minimum Gasteiger partial charge on any atom is -0.480 e. The number of aromatic nitrogens is 1. The molecule has 0 saturated heterocycles. The Balaban J connectivity index is 1.54. The van der Waals surface area contributed by atoms with E-state index < -0.39 is 12.1 Å². The van der Waals surface area contributed by atoms with Crippen molar-refractivity contribution in [3.05, 3.63) is 54.6 Å². The largest absolute Gasteiger partial charge is 0.480 e. The van der Waals surface area contributed by atoms with Crippen LogP contribution < -0.4 is 4.90 Å². The Morgan fingerprint density at radius 2 is 1.70 bits per heavy atom. The van der Waals surface area contributed by atoms with Gasteiger partial charge in [-0.3, -0.25) is 4.98 Å². The van der Waals surface area contributed by atoms with Gasteiger partial charge in [0.2, 0.25) is 0 Å². The molecule has 0 radical (unpaired) electrons. The highest BCUT2D eigenvalue weighted by Gasteiger charge is 2.25. The van der Waals surface area contributed by atoms with Gasteiger partial charge in [-0.1, -0.05) is 0 Å². The number of ether oxygens (including phenoxy) is 2. The Labute approximate surface area is 174 Å². The van der Waals surface area contributed by atoms with E-state index >= 15 is 0 Å². The highest BCUT2D eigenvalue weighted by molar-refractivity contribution is 5.95. The number of hydrogen-bond acceptors (Lipinski definition) is 5. The number of benzene rings is 1. The van der Waals surface area contributed by atoms with E-state index in [9.17, 15) is 14.0 Å². The van der Waals surface area contributed by atoms with Crippen molar-refractivity contribution in [1.29, 1.82) is 0 Å². The maximum Gasteiger partial charge on any atom is 0.419 e. The lowest BCUT2D eigenvalue weighted by atomic mass is 9.83. The molecule has 0 aliphatic heterocycles. The molecule has 0 spiro atoms. The molecule has 1 aliphatic rings. The fraction of sp³-hybridized carbons (Fsp3) is 0.409. The van der Waals surface area contributed by atoms with Crippen molar-refractivity contribution in [2.24, 2.45) is 11.8 Å². The molecule has 30 heavy (non-hydrogen) atoms. The quantitative estimate of drug-likeness (QED) is 0.686. The maximum absolute atomic E-state index is 13.3. The number of carbonyl (C=O) groups excluding carboxylic acids is 1. The van der Waals surface area contributed by atoms with E-state index in [-0.39, 0.29) is 18.3 Å². The monoisotopic (exact) mass is 416 g/mol. The van der Waals surface area contributed by atoms with Gasteiger partial charge in [0.15, 0.2) is 0 Å². The van der Waals surface area contributed by atoms with Gasteiger partial charge in [-0.15, -0.1) is 0 Å². The number of rotatable bonds is 8. The maximum atomic E-state index is 13.3. The second-order valence-corrected chi connectivity index (χ2v) is 7.40. The number of hydrogen-bond donors (Lipinski definition) is 1. The molecule has 1 aromatic heterocycles. The third-order valence-electron chi connectivity index (χ3n) is 5.16. The lowest BCUT2D eigenvalue weighted by Crippen LogP contribution is -2.30. The minimum absolute atomic E-state index is 0.244. The summed E-state index contributed by atoms with van der Waals surface area (Å²) in [6.07, 6.45) is 6.21. The summed E-state index contributed by atoms with van der Waals surface area (Å²) in [6.45, 7) is 0.461. The van der Waals surface area contributed by atoms with Crippen LogP contribution in [0, 0.1) is 17.7 Å². The van der Waals surface area contributed by atoms with Crippen LogP contribution in [0.25, 0.3) is 0 Å². The Morgan fingerprint density at radius 3 is 2.30 bits per heavy atom. The SMILES string of the molecule is O=C(O)COC[C@H]1CC[C@H](COC(=O)N(c2ccc(F)cc2)c2cccnc2)CC1. The average Bonchev–Trinajstić information content (AvgIpc) is 2.75. The molecule has 1 amide bonds. The van der Waals surface area contributed by atoms with E-state index in [1.54, 1.807) is 24.5 Å². The van der Waals surface area contributed by atoms with E-state index in [1.807, 2.05) is 0 Å². The van der Waals surface area contributed by atoms with E-state index in [4.69, 9.17) is 14.6 Å². The molecule has 3 rings (SSSR count). The fourth-order valence-corrected chi connectivity index (χ4v) is 3.57. The van der Waals surface area contributed by atoms with Crippen molar-refractivity contribution in [2.45, 2.75) is 25.7 Å². The van der Waals surface area contributed by atoms with E-state index in [1.165, 1.54) is 29.2 Å². The fourth-order valence-electron chi connectivity index (χ4n) is 3.57. The number of nitrogens with zero attached hydrogens (tertiary/aromatic N) is 2. The molecule has 1 N–H and O–H groups in total. The van der Waals surface area contributed by atoms with Crippen LogP contribution >= 0.6 is 0 Å². The zero-order valence-corrected chi connectivity index (χ0v) is 16.6. The van der Waals surface area contributed by atoms with Crippen LogP contribution in [0.5, 0.6) is 0 Å². The molecule has 0 bridgehead atoms. The molecular formula is C22H25FN2O5. The van der Waals surface area contributed by atoms with Crippen LogP contribution in [-0.4, -0.2) is 42.0 Å². The summed E-state index contributed by atoms with van der Waals surface area (Å²) in [4.78, 5) is 28.8.